The number of nitrogens with one attached hydrogen (secondary N) is 1. The minimum absolute atomic E-state index is 0. The molecule has 0 spiro atoms. The summed E-state index contributed by atoms with van der Waals surface area (Å²) in [6, 6.07) is 3.13. The molecule has 2 heterocycles. The molecule has 30 heavy (non-hydrogen) atoms. The van der Waals surface area contributed by atoms with Crippen molar-refractivity contribution >= 4 is 36.0 Å². The lowest BCUT2D eigenvalue weighted by Gasteiger charge is -2.39. The molecule has 0 radical (unpaired) electrons. The van der Waals surface area contributed by atoms with Crippen LogP contribution in [0.4, 0.5) is 13.6 Å². The van der Waals surface area contributed by atoms with Gasteiger partial charge in [-0.15, -0.1) is 24.0 Å². The Kier molecular flexibility index (Phi) is 7.54. The highest BCUT2D eigenvalue weighted by atomic mass is 127. The van der Waals surface area contributed by atoms with E-state index in [-0.39, 0.29) is 48.2 Å². The van der Waals surface area contributed by atoms with Crippen molar-refractivity contribution in [1.82, 2.24) is 15.1 Å². The van der Waals surface area contributed by atoms with Crippen molar-refractivity contribution in [2.75, 3.05) is 32.7 Å². The van der Waals surface area contributed by atoms with Crippen molar-refractivity contribution in [2.24, 2.45) is 4.99 Å². The standard InChI is InChI=1S/C20H28F2N4O3.HI/c1-19(2,3)29-18(27)25-7-8-26-14(11-25)10-23-17(26)24-12-20(4,28)15-6-5-13(21)9-16(15)22;/h5-6,9,14,28H,7-8,10-12H2,1-4H3,(H,23,24);1H. The van der Waals surface area contributed by atoms with Crippen LogP contribution in [0.5, 0.6) is 0 Å². The third kappa shape index (κ3) is 5.71. The van der Waals surface area contributed by atoms with Gasteiger partial charge in [-0.1, -0.05) is 6.07 Å². The Morgan fingerprint density at radius 2 is 2.00 bits per heavy atom. The highest BCUT2D eigenvalue weighted by Crippen LogP contribution is 2.24. The largest absolute Gasteiger partial charge is 0.444 e. The second-order valence-electron chi connectivity index (χ2n) is 8.69. The number of rotatable bonds is 3. The predicted molar refractivity (Wildman–Crippen MR) is 120 cm³/mol. The van der Waals surface area contributed by atoms with E-state index >= 15 is 0 Å². The van der Waals surface area contributed by atoms with Crippen LogP contribution in [0, 0.1) is 11.6 Å². The fraction of sp³-hybridized carbons (Fsp3) is 0.600. The van der Waals surface area contributed by atoms with Crippen LogP contribution in [0.3, 0.4) is 0 Å². The number of halogens is 3. The fourth-order valence-corrected chi connectivity index (χ4v) is 3.50. The number of aliphatic hydroxyl groups is 1. The molecule has 3 rings (SSSR count). The Morgan fingerprint density at radius 1 is 1.30 bits per heavy atom. The van der Waals surface area contributed by atoms with Gasteiger partial charge >= 0.3 is 6.09 Å². The smallest absolute Gasteiger partial charge is 0.410 e. The number of carbonyl (C=O) groups is 1. The van der Waals surface area contributed by atoms with Crippen LogP contribution in [0.25, 0.3) is 0 Å². The Balaban J connectivity index is 0.00000320. The zero-order valence-corrected chi connectivity index (χ0v) is 19.9. The summed E-state index contributed by atoms with van der Waals surface area (Å²) >= 11 is 0. The molecule has 0 bridgehead atoms. The number of hydrogen-bond acceptors (Lipinski definition) is 6. The van der Waals surface area contributed by atoms with Crippen LogP contribution in [-0.4, -0.2) is 71.3 Å². The van der Waals surface area contributed by atoms with Crippen LogP contribution < -0.4 is 5.32 Å². The number of hydrogen-bond donors (Lipinski definition) is 2. The van der Waals surface area contributed by atoms with Gasteiger partial charge in [-0.05, 0) is 33.8 Å². The summed E-state index contributed by atoms with van der Waals surface area (Å²) in [6.07, 6.45) is -0.340. The molecule has 0 saturated carbocycles. The molecule has 0 aromatic heterocycles. The number of ether oxygens (including phenoxy) is 1. The van der Waals surface area contributed by atoms with E-state index in [9.17, 15) is 18.7 Å². The molecule has 168 valence electrons. The van der Waals surface area contributed by atoms with Crippen LogP contribution in [0.1, 0.15) is 33.3 Å². The summed E-state index contributed by atoms with van der Waals surface area (Å²) in [5.41, 5.74) is -2.08. The van der Waals surface area contributed by atoms with Gasteiger partial charge in [0, 0.05) is 31.3 Å². The van der Waals surface area contributed by atoms with E-state index < -0.39 is 22.8 Å². The van der Waals surface area contributed by atoms with Crippen molar-refractivity contribution in [3.05, 3.63) is 35.4 Å². The minimum atomic E-state index is -1.54. The van der Waals surface area contributed by atoms with E-state index in [1.165, 1.54) is 13.0 Å². The molecule has 1 aromatic carbocycles. The predicted octanol–water partition coefficient (Wildman–Crippen LogP) is 2.67. The average molecular weight is 538 g/mol. The number of piperazine rings is 1. The van der Waals surface area contributed by atoms with E-state index in [0.29, 0.717) is 32.1 Å². The molecule has 1 aromatic rings. The highest BCUT2D eigenvalue weighted by Gasteiger charge is 2.37. The second kappa shape index (κ2) is 9.21. The maximum atomic E-state index is 14.0. The molecular formula is C20H29F2IN4O3. The van der Waals surface area contributed by atoms with Gasteiger partial charge in [0.15, 0.2) is 5.96 Å². The zero-order valence-electron chi connectivity index (χ0n) is 17.6. The van der Waals surface area contributed by atoms with Gasteiger partial charge < -0.3 is 25.0 Å². The highest BCUT2D eigenvalue weighted by molar-refractivity contribution is 14.0. The van der Waals surface area contributed by atoms with Crippen LogP contribution >= 0.6 is 24.0 Å². The quantitative estimate of drug-likeness (QED) is 0.579. The lowest BCUT2D eigenvalue weighted by atomic mass is 9.95. The molecule has 1 amide bonds. The second-order valence-corrected chi connectivity index (χ2v) is 8.69. The first-order valence-electron chi connectivity index (χ1n) is 9.67. The summed E-state index contributed by atoms with van der Waals surface area (Å²) in [5, 5.41) is 13.7. The lowest BCUT2D eigenvalue weighted by molar-refractivity contribution is 0.0135. The van der Waals surface area contributed by atoms with Crippen molar-refractivity contribution in [3.8, 4) is 0 Å². The van der Waals surface area contributed by atoms with Crippen molar-refractivity contribution in [1.29, 1.82) is 0 Å². The third-order valence-electron chi connectivity index (χ3n) is 4.96. The summed E-state index contributed by atoms with van der Waals surface area (Å²) in [6.45, 7) is 9.03. The van der Waals surface area contributed by atoms with Crippen molar-refractivity contribution < 1.29 is 23.4 Å². The Morgan fingerprint density at radius 3 is 2.63 bits per heavy atom. The molecule has 0 aliphatic carbocycles. The molecule has 2 N–H and O–H groups in total. The molecule has 1 fully saturated rings. The van der Waals surface area contributed by atoms with Gasteiger partial charge in [0.25, 0.3) is 0 Å². The molecule has 2 aliphatic heterocycles. The Bertz CT molecular complexity index is 814. The van der Waals surface area contributed by atoms with Gasteiger partial charge in [0.2, 0.25) is 0 Å². The Hall–Kier alpha value is -1.69. The molecule has 2 atom stereocenters. The summed E-state index contributed by atoms with van der Waals surface area (Å²) in [5.74, 6) is -0.892. The zero-order chi connectivity index (χ0) is 21.4. The maximum absolute atomic E-state index is 14.0. The van der Waals surface area contributed by atoms with Gasteiger partial charge in [-0.2, -0.15) is 0 Å². The summed E-state index contributed by atoms with van der Waals surface area (Å²) in [4.78, 5) is 20.5. The number of nitrogens with zero attached hydrogens (tertiary/aromatic N) is 3. The Labute approximate surface area is 192 Å². The van der Waals surface area contributed by atoms with Gasteiger partial charge in [-0.3, -0.25) is 4.99 Å². The molecular weight excluding hydrogens is 509 g/mol. The summed E-state index contributed by atoms with van der Waals surface area (Å²) in [7, 11) is 0. The molecule has 2 unspecified atom stereocenters. The van der Waals surface area contributed by atoms with E-state index in [4.69, 9.17) is 4.74 Å². The van der Waals surface area contributed by atoms with E-state index in [0.717, 1.165) is 12.1 Å². The monoisotopic (exact) mass is 538 g/mol. The third-order valence-corrected chi connectivity index (χ3v) is 4.96. The molecule has 7 nitrogen and oxygen atoms in total. The first-order valence-corrected chi connectivity index (χ1v) is 9.67. The summed E-state index contributed by atoms with van der Waals surface area (Å²) < 4.78 is 32.6. The first-order chi connectivity index (χ1) is 13.5. The van der Waals surface area contributed by atoms with Gasteiger partial charge in [0.05, 0.1) is 19.1 Å². The fourth-order valence-electron chi connectivity index (χ4n) is 3.50. The van der Waals surface area contributed by atoms with E-state index in [1.807, 2.05) is 25.7 Å². The topological polar surface area (TPSA) is 77.4 Å². The van der Waals surface area contributed by atoms with Crippen LogP contribution in [-0.2, 0) is 10.3 Å². The van der Waals surface area contributed by atoms with E-state index in [2.05, 4.69) is 10.3 Å². The number of guanidine groups is 1. The number of aliphatic imine (C=N–C) groups is 1. The van der Waals surface area contributed by atoms with Crippen LogP contribution in [0.15, 0.2) is 23.2 Å². The van der Waals surface area contributed by atoms with E-state index in [1.54, 1.807) is 4.90 Å². The lowest BCUT2D eigenvalue weighted by Crippen LogP contribution is -2.58. The maximum Gasteiger partial charge on any atom is 0.410 e. The normalized spacial score (nSPS) is 20.6. The SMILES string of the molecule is CC(C)(C)OC(=O)N1CCN2C(NCC(C)(O)c3ccc(F)cc3F)=NCC2C1.I. The number of fused-ring (bicyclic) bond motifs is 1. The molecule has 10 heteroatoms. The van der Waals surface area contributed by atoms with Crippen molar-refractivity contribution in [3.63, 3.8) is 0 Å². The average Bonchev–Trinajstić information content (AvgIpc) is 3.00. The molecule has 1 saturated heterocycles. The van der Waals surface area contributed by atoms with Gasteiger partial charge in [-0.25, -0.2) is 13.6 Å². The molecule has 2 aliphatic rings. The van der Waals surface area contributed by atoms with Crippen molar-refractivity contribution in [2.45, 2.75) is 44.9 Å². The number of carbonyl (C=O) groups excluding carboxylic acids is 1. The first kappa shape index (κ1) is 24.6. The van der Waals surface area contributed by atoms with Crippen LogP contribution in [0.2, 0.25) is 0 Å². The number of amides is 1. The minimum Gasteiger partial charge on any atom is -0.444 e. The number of benzene rings is 1. The van der Waals surface area contributed by atoms with Gasteiger partial charge in [0.1, 0.15) is 22.8 Å².